The van der Waals surface area contributed by atoms with Crippen LogP contribution in [0.15, 0.2) is 23.0 Å². The van der Waals surface area contributed by atoms with Crippen LogP contribution in [0, 0.1) is 13.8 Å². The third kappa shape index (κ3) is 3.01. The van der Waals surface area contributed by atoms with Gasteiger partial charge in [0, 0.05) is 69.8 Å². The number of anilines is 1. The fourth-order valence-corrected chi connectivity index (χ4v) is 3.60. The minimum absolute atomic E-state index is 0.671. The topological polar surface area (TPSA) is 61.5 Å². The summed E-state index contributed by atoms with van der Waals surface area (Å²) in [6.07, 6.45) is 3.63. The number of hydrogen-bond acceptors (Lipinski definition) is 7. The summed E-state index contributed by atoms with van der Waals surface area (Å²) in [6, 6.07) is 2.53. The highest BCUT2D eigenvalue weighted by Gasteiger charge is 2.34. The van der Waals surface area contributed by atoms with Crippen molar-refractivity contribution < 1.29 is 4.52 Å². The molecule has 0 radical (unpaired) electrons. The maximum absolute atomic E-state index is 5.26. The van der Waals surface area contributed by atoms with Crippen molar-refractivity contribution in [1.29, 1.82) is 0 Å². The molecule has 2 aromatic heterocycles. The Balaban J connectivity index is 1.25. The maximum Gasteiger partial charge on any atom is 0.225 e. The van der Waals surface area contributed by atoms with Crippen LogP contribution in [0.2, 0.25) is 0 Å². The summed E-state index contributed by atoms with van der Waals surface area (Å²) in [6.45, 7) is 11.4. The SMILES string of the molecule is Cc1noc(C)c1CN1CC(N2CCN(c3ncccn3)CC2)C1. The zero-order chi connectivity index (χ0) is 16.5. The molecule has 0 atom stereocenters. The Morgan fingerprint density at radius 2 is 1.79 bits per heavy atom. The second-order valence-electron chi connectivity index (χ2n) is 6.72. The zero-order valence-electron chi connectivity index (χ0n) is 14.4. The molecule has 0 aromatic carbocycles. The summed E-state index contributed by atoms with van der Waals surface area (Å²) >= 11 is 0. The van der Waals surface area contributed by atoms with Crippen molar-refractivity contribution >= 4 is 5.95 Å². The minimum Gasteiger partial charge on any atom is -0.361 e. The van der Waals surface area contributed by atoms with Crippen LogP contribution in [0.25, 0.3) is 0 Å². The van der Waals surface area contributed by atoms with Gasteiger partial charge in [-0.25, -0.2) is 9.97 Å². The fourth-order valence-electron chi connectivity index (χ4n) is 3.60. The van der Waals surface area contributed by atoms with E-state index < -0.39 is 0 Å². The molecule has 0 N–H and O–H groups in total. The van der Waals surface area contributed by atoms with Gasteiger partial charge in [0.2, 0.25) is 5.95 Å². The number of aromatic nitrogens is 3. The standard InChI is InChI=1S/C17H24N6O/c1-13-16(14(2)24-20-13)12-21-10-15(11-21)22-6-8-23(9-7-22)17-18-4-3-5-19-17/h3-5,15H,6-12H2,1-2H3. The first kappa shape index (κ1) is 15.5. The van der Waals surface area contributed by atoms with Crippen molar-refractivity contribution in [2.45, 2.75) is 26.4 Å². The highest BCUT2D eigenvalue weighted by molar-refractivity contribution is 5.29. The minimum atomic E-state index is 0.671. The van der Waals surface area contributed by atoms with Gasteiger partial charge in [-0.05, 0) is 19.9 Å². The van der Waals surface area contributed by atoms with Gasteiger partial charge in [-0.1, -0.05) is 5.16 Å². The van der Waals surface area contributed by atoms with Gasteiger partial charge in [0.15, 0.2) is 0 Å². The molecule has 128 valence electrons. The maximum atomic E-state index is 5.26. The molecule has 2 fully saturated rings. The number of hydrogen-bond donors (Lipinski definition) is 0. The normalized spacial score (nSPS) is 20.3. The Kier molecular flexibility index (Phi) is 4.20. The van der Waals surface area contributed by atoms with E-state index in [1.165, 1.54) is 5.56 Å². The third-order valence-corrected chi connectivity index (χ3v) is 5.17. The summed E-state index contributed by atoms with van der Waals surface area (Å²) < 4.78 is 5.26. The first-order chi connectivity index (χ1) is 11.7. The van der Waals surface area contributed by atoms with Crippen LogP contribution in [0.5, 0.6) is 0 Å². The molecule has 0 saturated carbocycles. The molecule has 0 unspecified atom stereocenters. The van der Waals surface area contributed by atoms with Crippen LogP contribution in [0.4, 0.5) is 5.95 Å². The molecule has 4 rings (SSSR count). The summed E-state index contributed by atoms with van der Waals surface area (Å²) in [4.78, 5) is 16.1. The van der Waals surface area contributed by atoms with Gasteiger partial charge in [-0.3, -0.25) is 9.80 Å². The predicted molar refractivity (Wildman–Crippen MR) is 90.9 cm³/mol. The fraction of sp³-hybridized carbons (Fsp3) is 0.588. The molecule has 0 bridgehead atoms. The average Bonchev–Trinajstić information content (AvgIpc) is 2.90. The van der Waals surface area contributed by atoms with Crippen LogP contribution in [-0.2, 0) is 6.54 Å². The van der Waals surface area contributed by atoms with Crippen LogP contribution < -0.4 is 4.90 Å². The Bertz CT molecular complexity index is 654. The second-order valence-corrected chi connectivity index (χ2v) is 6.72. The average molecular weight is 328 g/mol. The van der Waals surface area contributed by atoms with E-state index >= 15 is 0 Å². The summed E-state index contributed by atoms with van der Waals surface area (Å²) in [5, 5.41) is 4.04. The Labute approximate surface area is 142 Å². The Morgan fingerprint density at radius 3 is 2.42 bits per heavy atom. The summed E-state index contributed by atoms with van der Waals surface area (Å²) in [5.41, 5.74) is 2.27. The quantitative estimate of drug-likeness (QED) is 0.832. The first-order valence-electron chi connectivity index (χ1n) is 8.61. The van der Waals surface area contributed by atoms with Gasteiger partial charge < -0.3 is 9.42 Å². The van der Waals surface area contributed by atoms with Crippen molar-refractivity contribution in [3.05, 3.63) is 35.5 Å². The van der Waals surface area contributed by atoms with Crippen molar-refractivity contribution in [2.24, 2.45) is 0 Å². The van der Waals surface area contributed by atoms with E-state index in [4.69, 9.17) is 4.52 Å². The van der Waals surface area contributed by atoms with E-state index in [0.29, 0.717) is 6.04 Å². The van der Waals surface area contributed by atoms with E-state index in [1.54, 1.807) is 0 Å². The molecule has 0 aliphatic carbocycles. The number of likely N-dealkylation sites (tertiary alicyclic amines) is 1. The van der Waals surface area contributed by atoms with E-state index in [2.05, 4.69) is 29.8 Å². The lowest BCUT2D eigenvalue weighted by Gasteiger charge is -2.48. The number of rotatable bonds is 4. The number of piperazine rings is 1. The molecule has 0 amide bonds. The van der Waals surface area contributed by atoms with Crippen molar-refractivity contribution in [2.75, 3.05) is 44.2 Å². The van der Waals surface area contributed by atoms with Crippen molar-refractivity contribution in [1.82, 2.24) is 24.9 Å². The van der Waals surface area contributed by atoms with Crippen LogP contribution in [0.1, 0.15) is 17.0 Å². The molecule has 4 heterocycles. The van der Waals surface area contributed by atoms with Crippen LogP contribution in [0.3, 0.4) is 0 Å². The van der Waals surface area contributed by atoms with Gasteiger partial charge in [0.25, 0.3) is 0 Å². The Hall–Kier alpha value is -1.99. The van der Waals surface area contributed by atoms with Crippen LogP contribution >= 0.6 is 0 Å². The highest BCUT2D eigenvalue weighted by Crippen LogP contribution is 2.22. The molecule has 0 spiro atoms. The molecule has 2 aromatic rings. The number of aryl methyl sites for hydroxylation is 2. The van der Waals surface area contributed by atoms with Crippen molar-refractivity contribution in [3.63, 3.8) is 0 Å². The molecular weight excluding hydrogens is 304 g/mol. The van der Waals surface area contributed by atoms with Gasteiger partial charge >= 0.3 is 0 Å². The third-order valence-electron chi connectivity index (χ3n) is 5.17. The summed E-state index contributed by atoms with van der Waals surface area (Å²) in [5.74, 6) is 1.80. The van der Waals surface area contributed by atoms with Gasteiger partial charge in [-0.2, -0.15) is 0 Å². The lowest BCUT2D eigenvalue weighted by atomic mass is 10.0. The van der Waals surface area contributed by atoms with E-state index in [-0.39, 0.29) is 0 Å². The van der Waals surface area contributed by atoms with Crippen molar-refractivity contribution in [3.8, 4) is 0 Å². The molecular formula is C17H24N6O. The zero-order valence-corrected chi connectivity index (χ0v) is 14.4. The first-order valence-corrected chi connectivity index (χ1v) is 8.61. The Morgan fingerprint density at radius 1 is 1.08 bits per heavy atom. The monoisotopic (exact) mass is 328 g/mol. The second kappa shape index (κ2) is 6.49. The van der Waals surface area contributed by atoms with Crippen LogP contribution in [-0.4, -0.2) is 70.2 Å². The lowest BCUT2D eigenvalue weighted by molar-refractivity contribution is 0.0251. The molecule has 2 aliphatic heterocycles. The molecule has 7 heteroatoms. The summed E-state index contributed by atoms with van der Waals surface area (Å²) in [7, 11) is 0. The molecule has 2 saturated heterocycles. The largest absolute Gasteiger partial charge is 0.361 e. The van der Waals surface area contributed by atoms with E-state index in [0.717, 1.165) is 63.2 Å². The lowest BCUT2D eigenvalue weighted by Crippen LogP contribution is -2.62. The smallest absolute Gasteiger partial charge is 0.225 e. The number of nitrogens with zero attached hydrogens (tertiary/aromatic N) is 6. The van der Waals surface area contributed by atoms with Gasteiger partial charge in [0.1, 0.15) is 5.76 Å². The van der Waals surface area contributed by atoms with E-state index in [9.17, 15) is 0 Å². The predicted octanol–water partition coefficient (Wildman–Crippen LogP) is 1.09. The van der Waals surface area contributed by atoms with Gasteiger partial charge in [-0.15, -0.1) is 0 Å². The van der Waals surface area contributed by atoms with E-state index in [1.807, 2.05) is 32.3 Å². The molecule has 24 heavy (non-hydrogen) atoms. The highest BCUT2D eigenvalue weighted by atomic mass is 16.5. The van der Waals surface area contributed by atoms with Gasteiger partial charge in [0.05, 0.1) is 5.69 Å². The molecule has 7 nitrogen and oxygen atoms in total. The molecule has 2 aliphatic rings.